The molecule has 0 radical (unpaired) electrons. The van der Waals surface area contributed by atoms with Crippen molar-refractivity contribution in [3.8, 4) is 11.5 Å². The lowest BCUT2D eigenvalue weighted by atomic mass is 10.1. The highest BCUT2D eigenvalue weighted by molar-refractivity contribution is 6.06. The fraction of sp³-hybridized carbons (Fsp3) is 0.125. The molecule has 0 bridgehead atoms. The molecule has 0 saturated carbocycles. The second-order valence-corrected chi connectivity index (χ2v) is 4.05. The van der Waals surface area contributed by atoms with Crippen LogP contribution in [0.4, 0.5) is 0 Å². The van der Waals surface area contributed by atoms with E-state index in [1.807, 2.05) is 6.07 Å². The molecule has 1 aromatic heterocycles. The summed E-state index contributed by atoms with van der Waals surface area (Å²) in [6.45, 7) is 0. The largest absolute Gasteiger partial charge is 0.497 e. The van der Waals surface area contributed by atoms with Crippen LogP contribution in [0, 0.1) is 0 Å². The maximum Gasteiger partial charge on any atom is 0.187 e. The third-order valence-electron chi connectivity index (χ3n) is 2.80. The number of carbonyl (C=O) groups is 1. The molecule has 4 heteroatoms. The third-order valence-corrected chi connectivity index (χ3v) is 2.80. The topological polar surface area (TPSA) is 48.4 Å². The molecule has 20 heavy (non-hydrogen) atoms. The first-order valence-corrected chi connectivity index (χ1v) is 6.09. The Morgan fingerprint density at radius 2 is 2.05 bits per heavy atom. The lowest BCUT2D eigenvalue weighted by Gasteiger charge is -2.07. The summed E-state index contributed by atoms with van der Waals surface area (Å²) in [6, 6.07) is 8.87. The number of pyridine rings is 1. The summed E-state index contributed by atoms with van der Waals surface area (Å²) < 4.78 is 10.4. The van der Waals surface area contributed by atoms with Gasteiger partial charge in [0.2, 0.25) is 0 Å². The summed E-state index contributed by atoms with van der Waals surface area (Å²) in [4.78, 5) is 15.9. The van der Waals surface area contributed by atoms with Gasteiger partial charge in [-0.05, 0) is 42.5 Å². The number of hydrogen-bond acceptors (Lipinski definition) is 4. The molecule has 2 aromatic rings. The van der Waals surface area contributed by atoms with Crippen LogP contribution < -0.4 is 9.47 Å². The van der Waals surface area contributed by atoms with Gasteiger partial charge in [-0.2, -0.15) is 0 Å². The number of methoxy groups -OCH3 is 2. The minimum atomic E-state index is -0.108. The third kappa shape index (κ3) is 3.23. The van der Waals surface area contributed by atoms with E-state index in [2.05, 4.69) is 4.98 Å². The molecular formula is C16H15NO3. The van der Waals surface area contributed by atoms with Gasteiger partial charge < -0.3 is 9.47 Å². The molecule has 0 saturated heterocycles. The first kappa shape index (κ1) is 13.8. The van der Waals surface area contributed by atoms with E-state index in [1.165, 1.54) is 12.3 Å². The van der Waals surface area contributed by atoms with E-state index in [9.17, 15) is 4.79 Å². The quantitative estimate of drug-likeness (QED) is 0.618. The highest BCUT2D eigenvalue weighted by atomic mass is 16.5. The van der Waals surface area contributed by atoms with Crippen molar-refractivity contribution in [1.82, 2.24) is 4.98 Å². The van der Waals surface area contributed by atoms with Crippen molar-refractivity contribution in [2.75, 3.05) is 14.2 Å². The number of carbonyl (C=O) groups excluding carboxylic acids is 1. The van der Waals surface area contributed by atoms with Crippen LogP contribution in [0.25, 0.3) is 6.08 Å². The Hall–Kier alpha value is -2.62. The number of rotatable bonds is 5. The Balaban J connectivity index is 2.24. The van der Waals surface area contributed by atoms with E-state index in [0.717, 1.165) is 5.56 Å². The van der Waals surface area contributed by atoms with Gasteiger partial charge in [0.1, 0.15) is 11.5 Å². The average molecular weight is 269 g/mol. The second-order valence-electron chi connectivity index (χ2n) is 4.05. The Morgan fingerprint density at radius 1 is 1.20 bits per heavy atom. The van der Waals surface area contributed by atoms with E-state index in [-0.39, 0.29) is 5.78 Å². The summed E-state index contributed by atoms with van der Waals surface area (Å²) in [5.74, 6) is 1.28. The molecule has 2 rings (SSSR count). The molecular weight excluding hydrogens is 254 g/mol. The van der Waals surface area contributed by atoms with E-state index in [0.29, 0.717) is 17.1 Å². The standard InChI is InChI=1S/C16H15NO3/c1-19-14-6-8-16(20-2)12(10-14)5-7-15(18)13-4-3-9-17-11-13/h3-11H,1-2H3/b7-5+. The number of aromatic nitrogens is 1. The van der Waals surface area contributed by atoms with Crippen LogP contribution in [0.2, 0.25) is 0 Å². The van der Waals surface area contributed by atoms with Gasteiger partial charge in [-0.1, -0.05) is 0 Å². The molecule has 102 valence electrons. The summed E-state index contributed by atoms with van der Waals surface area (Å²) in [5.41, 5.74) is 1.33. The van der Waals surface area contributed by atoms with E-state index >= 15 is 0 Å². The summed E-state index contributed by atoms with van der Waals surface area (Å²) >= 11 is 0. The maximum atomic E-state index is 12.0. The van der Waals surface area contributed by atoms with Crippen LogP contribution in [0.5, 0.6) is 11.5 Å². The van der Waals surface area contributed by atoms with Gasteiger partial charge in [-0.3, -0.25) is 9.78 Å². The monoisotopic (exact) mass is 269 g/mol. The molecule has 0 fully saturated rings. The van der Waals surface area contributed by atoms with Gasteiger partial charge in [-0.15, -0.1) is 0 Å². The average Bonchev–Trinajstić information content (AvgIpc) is 2.53. The van der Waals surface area contributed by atoms with Crippen molar-refractivity contribution >= 4 is 11.9 Å². The molecule has 0 atom stereocenters. The van der Waals surface area contributed by atoms with Crippen LogP contribution in [0.15, 0.2) is 48.8 Å². The van der Waals surface area contributed by atoms with E-state index in [1.54, 1.807) is 50.8 Å². The van der Waals surface area contributed by atoms with E-state index in [4.69, 9.17) is 9.47 Å². The minimum absolute atomic E-state index is 0.108. The first-order chi connectivity index (χ1) is 9.74. The van der Waals surface area contributed by atoms with Crippen LogP contribution in [0.3, 0.4) is 0 Å². The Bertz CT molecular complexity index is 621. The normalized spacial score (nSPS) is 10.5. The Labute approximate surface area is 117 Å². The molecule has 0 aliphatic carbocycles. The molecule has 0 N–H and O–H groups in total. The zero-order valence-electron chi connectivity index (χ0n) is 11.4. The van der Waals surface area contributed by atoms with Crippen LogP contribution >= 0.6 is 0 Å². The lowest BCUT2D eigenvalue weighted by Crippen LogP contribution is -1.95. The predicted octanol–water partition coefficient (Wildman–Crippen LogP) is 2.99. The predicted molar refractivity (Wildman–Crippen MR) is 77.1 cm³/mol. The van der Waals surface area contributed by atoms with E-state index < -0.39 is 0 Å². The van der Waals surface area contributed by atoms with Gasteiger partial charge in [-0.25, -0.2) is 0 Å². The van der Waals surface area contributed by atoms with Gasteiger partial charge >= 0.3 is 0 Å². The number of nitrogens with zero attached hydrogens (tertiary/aromatic N) is 1. The van der Waals surface area contributed by atoms with Crippen LogP contribution in [0.1, 0.15) is 15.9 Å². The molecule has 0 aliphatic rings. The molecule has 0 unspecified atom stereocenters. The van der Waals surface area contributed by atoms with Crippen molar-refractivity contribution in [3.63, 3.8) is 0 Å². The summed E-state index contributed by atoms with van der Waals surface area (Å²) in [7, 11) is 3.18. The summed E-state index contributed by atoms with van der Waals surface area (Å²) in [5, 5.41) is 0. The molecule has 1 heterocycles. The van der Waals surface area contributed by atoms with Gasteiger partial charge in [0, 0.05) is 23.5 Å². The zero-order chi connectivity index (χ0) is 14.4. The SMILES string of the molecule is COc1ccc(OC)c(/C=C/C(=O)c2cccnc2)c1. The Kier molecular flexibility index (Phi) is 4.50. The van der Waals surface area contributed by atoms with Gasteiger partial charge in [0.25, 0.3) is 0 Å². The number of hydrogen-bond donors (Lipinski definition) is 0. The highest BCUT2D eigenvalue weighted by Gasteiger charge is 2.04. The maximum absolute atomic E-state index is 12.0. The van der Waals surface area contributed by atoms with Crippen LogP contribution in [-0.4, -0.2) is 25.0 Å². The molecule has 0 amide bonds. The Morgan fingerprint density at radius 3 is 2.70 bits per heavy atom. The van der Waals surface area contributed by atoms with Crippen molar-refractivity contribution in [2.45, 2.75) is 0 Å². The fourth-order valence-corrected chi connectivity index (χ4v) is 1.74. The van der Waals surface area contributed by atoms with Crippen molar-refractivity contribution < 1.29 is 14.3 Å². The minimum Gasteiger partial charge on any atom is -0.497 e. The molecule has 0 aliphatic heterocycles. The number of ketones is 1. The van der Waals surface area contributed by atoms with Crippen molar-refractivity contribution in [2.24, 2.45) is 0 Å². The second kappa shape index (κ2) is 6.52. The molecule has 4 nitrogen and oxygen atoms in total. The first-order valence-electron chi connectivity index (χ1n) is 6.09. The molecule has 1 aromatic carbocycles. The van der Waals surface area contributed by atoms with Crippen LogP contribution in [-0.2, 0) is 0 Å². The zero-order valence-corrected chi connectivity index (χ0v) is 11.4. The van der Waals surface area contributed by atoms with Gasteiger partial charge in [0.15, 0.2) is 5.78 Å². The smallest absolute Gasteiger partial charge is 0.187 e. The number of allylic oxidation sites excluding steroid dienone is 1. The number of ether oxygens (including phenoxy) is 2. The molecule has 0 spiro atoms. The summed E-state index contributed by atoms with van der Waals surface area (Å²) in [6.07, 6.45) is 6.37. The lowest BCUT2D eigenvalue weighted by molar-refractivity contribution is 0.104. The van der Waals surface area contributed by atoms with Crippen molar-refractivity contribution in [1.29, 1.82) is 0 Å². The van der Waals surface area contributed by atoms with Crippen molar-refractivity contribution in [3.05, 3.63) is 59.9 Å². The van der Waals surface area contributed by atoms with Gasteiger partial charge in [0.05, 0.1) is 14.2 Å². The number of benzene rings is 1. The fourth-order valence-electron chi connectivity index (χ4n) is 1.74. The highest BCUT2D eigenvalue weighted by Crippen LogP contribution is 2.25.